The second-order valence-electron chi connectivity index (χ2n) is 6.69. The average Bonchev–Trinajstić information content (AvgIpc) is 2.15. The summed E-state index contributed by atoms with van der Waals surface area (Å²) in [5, 5.41) is 0. The standard InChI is InChI=1S/C14H28N2O/c1-10(14(3,4)5)8-13(17)16-7-6-12(15)9-11(16)2/h10-12H,6-9,15H2,1-5H3/t10-,11+,12-/m0/s1. The largest absolute Gasteiger partial charge is 0.340 e. The fraction of sp³-hybridized carbons (Fsp3) is 0.929. The van der Waals surface area contributed by atoms with Crippen molar-refractivity contribution in [1.29, 1.82) is 0 Å². The van der Waals surface area contributed by atoms with Gasteiger partial charge in [-0.1, -0.05) is 27.7 Å². The molecule has 0 aromatic rings. The van der Waals surface area contributed by atoms with Crippen LogP contribution in [0.4, 0.5) is 0 Å². The molecule has 1 amide bonds. The SMILES string of the molecule is C[C@@H]1C[C@@H](N)CCN1C(=O)C[C@H](C)C(C)(C)C. The lowest BCUT2D eigenvalue weighted by Crippen LogP contribution is -2.48. The lowest BCUT2D eigenvalue weighted by Gasteiger charge is -2.38. The molecular weight excluding hydrogens is 212 g/mol. The van der Waals surface area contributed by atoms with Crippen molar-refractivity contribution in [1.82, 2.24) is 4.90 Å². The van der Waals surface area contributed by atoms with E-state index in [4.69, 9.17) is 5.73 Å². The number of piperidine rings is 1. The van der Waals surface area contributed by atoms with E-state index in [1.807, 2.05) is 4.90 Å². The summed E-state index contributed by atoms with van der Waals surface area (Å²) in [6, 6.07) is 0.576. The van der Waals surface area contributed by atoms with Crippen LogP contribution in [0.2, 0.25) is 0 Å². The lowest BCUT2D eigenvalue weighted by atomic mass is 9.79. The molecule has 1 rings (SSSR count). The van der Waals surface area contributed by atoms with Crippen molar-refractivity contribution in [3.05, 3.63) is 0 Å². The third kappa shape index (κ3) is 3.98. The third-order valence-corrected chi connectivity index (χ3v) is 4.20. The lowest BCUT2D eigenvalue weighted by molar-refractivity contribution is -0.136. The number of hydrogen-bond acceptors (Lipinski definition) is 2. The van der Waals surface area contributed by atoms with Crippen molar-refractivity contribution in [2.24, 2.45) is 17.1 Å². The maximum absolute atomic E-state index is 12.3. The van der Waals surface area contributed by atoms with Crippen LogP contribution in [0.3, 0.4) is 0 Å². The molecule has 1 heterocycles. The summed E-state index contributed by atoms with van der Waals surface area (Å²) in [4.78, 5) is 14.3. The molecule has 3 atom stereocenters. The Hall–Kier alpha value is -0.570. The predicted molar refractivity (Wildman–Crippen MR) is 71.6 cm³/mol. The maximum atomic E-state index is 12.3. The molecule has 1 aliphatic heterocycles. The highest BCUT2D eigenvalue weighted by atomic mass is 16.2. The van der Waals surface area contributed by atoms with Crippen LogP contribution in [0.1, 0.15) is 53.9 Å². The Bertz CT molecular complexity index is 270. The Labute approximate surface area is 106 Å². The van der Waals surface area contributed by atoms with Gasteiger partial charge in [0.15, 0.2) is 0 Å². The van der Waals surface area contributed by atoms with Crippen LogP contribution in [0, 0.1) is 11.3 Å². The van der Waals surface area contributed by atoms with Gasteiger partial charge in [-0.3, -0.25) is 4.79 Å². The van der Waals surface area contributed by atoms with E-state index in [1.54, 1.807) is 0 Å². The monoisotopic (exact) mass is 240 g/mol. The van der Waals surface area contributed by atoms with Crippen LogP contribution < -0.4 is 5.73 Å². The number of hydrogen-bond donors (Lipinski definition) is 1. The summed E-state index contributed by atoms with van der Waals surface area (Å²) in [5.41, 5.74) is 6.12. The summed E-state index contributed by atoms with van der Waals surface area (Å²) in [7, 11) is 0. The van der Waals surface area contributed by atoms with Crippen LogP contribution in [0.5, 0.6) is 0 Å². The summed E-state index contributed by atoms with van der Waals surface area (Å²) < 4.78 is 0. The smallest absolute Gasteiger partial charge is 0.223 e. The molecule has 1 saturated heterocycles. The highest BCUT2D eigenvalue weighted by molar-refractivity contribution is 5.77. The average molecular weight is 240 g/mol. The molecule has 0 aliphatic carbocycles. The molecule has 0 radical (unpaired) electrons. The molecule has 0 aromatic heterocycles. The molecule has 1 fully saturated rings. The molecule has 2 N–H and O–H groups in total. The van der Waals surface area contributed by atoms with Crippen molar-refractivity contribution in [2.45, 2.75) is 66.0 Å². The Balaban J connectivity index is 2.53. The van der Waals surface area contributed by atoms with Gasteiger partial charge in [0.25, 0.3) is 0 Å². The summed E-state index contributed by atoms with van der Waals surface area (Å²) >= 11 is 0. The normalized spacial score (nSPS) is 28.0. The molecule has 0 saturated carbocycles. The minimum atomic E-state index is 0.199. The molecule has 0 spiro atoms. The first kappa shape index (κ1) is 14.5. The molecule has 0 aromatic carbocycles. The van der Waals surface area contributed by atoms with Crippen molar-refractivity contribution < 1.29 is 4.79 Å². The van der Waals surface area contributed by atoms with Crippen LogP contribution >= 0.6 is 0 Å². The summed E-state index contributed by atoms with van der Waals surface area (Å²) in [6.45, 7) is 11.7. The van der Waals surface area contributed by atoms with Crippen LogP contribution in [-0.4, -0.2) is 29.4 Å². The maximum Gasteiger partial charge on any atom is 0.223 e. The number of rotatable bonds is 2. The van der Waals surface area contributed by atoms with Crippen LogP contribution in [-0.2, 0) is 4.79 Å². The molecule has 1 aliphatic rings. The highest BCUT2D eigenvalue weighted by Gasteiger charge is 2.30. The van der Waals surface area contributed by atoms with E-state index < -0.39 is 0 Å². The zero-order valence-electron chi connectivity index (χ0n) is 12.0. The van der Waals surface area contributed by atoms with Gasteiger partial charge in [0.1, 0.15) is 0 Å². The van der Waals surface area contributed by atoms with E-state index in [0.717, 1.165) is 19.4 Å². The Morgan fingerprint density at radius 1 is 1.47 bits per heavy atom. The van der Waals surface area contributed by atoms with Gasteiger partial charge in [0.05, 0.1) is 0 Å². The van der Waals surface area contributed by atoms with E-state index in [9.17, 15) is 4.79 Å². The molecule has 0 bridgehead atoms. The first-order valence-electron chi connectivity index (χ1n) is 6.77. The summed E-state index contributed by atoms with van der Waals surface area (Å²) in [6.07, 6.45) is 2.54. The van der Waals surface area contributed by atoms with Crippen molar-refractivity contribution in [2.75, 3.05) is 6.54 Å². The van der Waals surface area contributed by atoms with E-state index in [-0.39, 0.29) is 11.5 Å². The molecule has 3 heteroatoms. The van der Waals surface area contributed by atoms with E-state index >= 15 is 0 Å². The highest BCUT2D eigenvalue weighted by Crippen LogP contribution is 2.29. The van der Waals surface area contributed by atoms with E-state index in [2.05, 4.69) is 34.6 Å². The quantitative estimate of drug-likeness (QED) is 0.805. The first-order valence-corrected chi connectivity index (χ1v) is 6.77. The van der Waals surface area contributed by atoms with Gasteiger partial charge in [-0.15, -0.1) is 0 Å². The van der Waals surface area contributed by atoms with Crippen molar-refractivity contribution >= 4 is 5.91 Å². The minimum absolute atomic E-state index is 0.199. The number of carbonyl (C=O) groups excluding carboxylic acids is 1. The third-order valence-electron chi connectivity index (χ3n) is 4.20. The minimum Gasteiger partial charge on any atom is -0.340 e. The van der Waals surface area contributed by atoms with Gasteiger partial charge < -0.3 is 10.6 Å². The van der Waals surface area contributed by atoms with Crippen LogP contribution in [0.25, 0.3) is 0 Å². The van der Waals surface area contributed by atoms with Gasteiger partial charge in [0.2, 0.25) is 5.91 Å². The van der Waals surface area contributed by atoms with Crippen molar-refractivity contribution in [3.8, 4) is 0 Å². The van der Waals surface area contributed by atoms with Crippen molar-refractivity contribution in [3.63, 3.8) is 0 Å². The Kier molecular flexibility index (Phi) is 4.59. The molecule has 100 valence electrons. The number of nitrogens with two attached hydrogens (primary N) is 1. The van der Waals surface area contributed by atoms with Gasteiger partial charge in [-0.05, 0) is 31.1 Å². The second kappa shape index (κ2) is 5.38. The molecular formula is C14H28N2O. The molecule has 17 heavy (non-hydrogen) atoms. The van der Waals surface area contributed by atoms with Gasteiger partial charge in [-0.2, -0.15) is 0 Å². The van der Waals surface area contributed by atoms with Gasteiger partial charge in [0, 0.05) is 25.0 Å². The van der Waals surface area contributed by atoms with E-state index in [0.29, 0.717) is 24.3 Å². The predicted octanol–water partition coefficient (Wildman–Crippen LogP) is 2.40. The Morgan fingerprint density at radius 3 is 2.53 bits per heavy atom. The number of carbonyl (C=O) groups is 1. The van der Waals surface area contributed by atoms with Gasteiger partial charge in [-0.25, -0.2) is 0 Å². The first-order chi connectivity index (χ1) is 7.71. The van der Waals surface area contributed by atoms with Gasteiger partial charge >= 0.3 is 0 Å². The fourth-order valence-electron chi connectivity index (χ4n) is 2.26. The van der Waals surface area contributed by atoms with E-state index in [1.165, 1.54) is 0 Å². The Morgan fingerprint density at radius 2 is 2.06 bits per heavy atom. The number of nitrogens with zero attached hydrogens (tertiary/aromatic N) is 1. The second-order valence-corrected chi connectivity index (χ2v) is 6.69. The fourth-order valence-corrected chi connectivity index (χ4v) is 2.26. The summed E-state index contributed by atoms with van der Waals surface area (Å²) in [5.74, 6) is 0.713. The zero-order chi connectivity index (χ0) is 13.2. The molecule has 0 unspecified atom stereocenters. The molecule has 3 nitrogen and oxygen atoms in total. The number of amides is 1. The number of likely N-dealkylation sites (tertiary alicyclic amines) is 1. The topological polar surface area (TPSA) is 46.3 Å². The van der Waals surface area contributed by atoms with Crippen LogP contribution in [0.15, 0.2) is 0 Å². The zero-order valence-corrected chi connectivity index (χ0v) is 12.0.